The van der Waals surface area contributed by atoms with Crippen molar-refractivity contribution in [3.05, 3.63) is 64.9 Å². The summed E-state index contributed by atoms with van der Waals surface area (Å²) < 4.78 is 50.0. The Kier molecular flexibility index (Phi) is 6.66. The Balaban J connectivity index is 1.41. The number of halogens is 1. The van der Waals surface area contributed by atoms with Gasteiger partial charge in [-0.25, -0.2) is 17.8 Å². The number of methoxy groups -OCH3 is 2. The summed E-state index contributed by atoms with van der Waals surface area (Å²) in [5.41, 5.74) is 1.95. The minimum absolute atomic E-state index is 0.0564. The Bertz CT molecular complexity index is 1190. The second kappa shape index (κ2) is 9.46. The fourth-order valence-electron chi connectivity index (χ4n) is 3.91. The number of sulfone groups is 1. The molecule has 32 heavy (non-hydrogen) atoms. The molecule has 0 unspecified atom stereocenters. The van der Waals surface area contributed by atoms with E-state index < -0.39 is 20.9 Å². The van der Waals surface area contributed by atoms with E-state index in [1.807, 2.05) is 23.6 Å². The van der Waals surface area contributed by atoms with Gasteiger partial charge >= 0.3 is 0 Å². The van der Waals surface area contributed by atoms with Crippen LogP contribution in [0.5, 0.6) is 11.5 Å². The highest BCUT2D eigenvalue weighted by molar-refractivity contribution is 7.92. The van der Waals surface area contributed by atoms with Gasteiger partial charge < -0.3 is 14.4 Å². The molecule has 2 aromatic carbocycles. The van der Waals surface area contributed by atoms with E-state index in [4.69, 9.17) is 14.5 Å². The highest BCUT2D eigenvalue weighted by Crippen LogP contribution is 2.31. The van der Waals surface area contributed by atoms with E-state index in [1.54, 1.807) is 25.6 Å². The van der Waals surface area contributed by atoms with E-state index >= 15 is 0 Å². The Morgan fingerprint density at radius 3 is 2.59 bits per heavy atom. The molecule has 0 bridgehead atoms. The van der Waals surface area contributed by atoms with Crippen LogP contribution in [-0.2, 0) is 16.3 Å². The van der Waals surface area contributed by atoms with Crippen LogP contribution >= 0.6 is 11.3 Å². The fourth-order valence-corrected chi connectivity index (χ4v) is 6.55. The van der Waals surface area contributed by atoms with Crippen LogP contribution in [0, 0.1) is 5.82 Å². The van der Waals surface area contributed by atoms with E-state index in [9.17, 15) is 12.8 Å². The first-order chi connectivity index (χ1) is 15.4. The van der Waals surface area contributed by atoms with Crippen molar-refractivity contribution in [3.63, 3.8) is 0 Å². The molecule has 0 atom stereocenters. The van der Waals surface area contributed by atoms with Crippen LogP contribution in [0.3, 0.4) is 0 Å². The number of nitrogens with zero attached hydrogens (tertiary/aromatic N) is 2. The maximum atomic E-state index is 13.5. The van der Waals surface area contributed by atoms with Gasteiger partial charge in [-0.1, -0.05) is 12.1 Å². The van der Waals surface area contributed by atoms with Crippen molar-refractivity contribution >= 4 is 26.3 Å². The number of hydrogen-bond acceptors (Lipinski definition) is 7. The van der Waals surface area contributed by atoms with E-state index in [-0.39, 0.29) is 4.90 Å². The molecule has 0 radical (unpaired) electrons. The van der Waals surface area contributed by atoms with Crippen LogP contribution in [0.15, 0.2) is 52.7 Å². The first-order valence-corrected chi connectivity index (χ1v) is 12.7. The Hall–Kier alpha value is -2.65. The third-order valence-electron chi connectivity index (χ3n) is 5.68. The molecule has 6 nitrogen and oxygen atoms in total. The highest BCUT2D eigenvalue weighted by atomic mass is 32.2. The number of anilines is 1. The highest BCUT2D eigenvalue weighted by Gasteiger charge is 2.32. The monoisotopic (exact) mass is 476 g/mol. The number of hydrogen-bond donors (Lipinski definition) is 0. The third-order valence-corrected chi connectivity index (χ3v) is 8.89. The molecule has 1 fully saturated rings. The van der Waals surface area contributed by atoms with Gasteiger partial charge in [0.2, 0.25) is 0 Å². The molecule has 0 amide bonds. The van der Waals surface area contributed by atoms with E-state index in [0.29, 0.717) is 32.4 Å². The van der Waals surface area contributed by atoms with Gasteiger partial charge in [0.15, 0.2) is 15.0 Å². The van der Waals surface area contributed by atoms with Gasteiger partial charge in [0, 0.05) is 36.5 Å². The lowest BCUT2D eigenvalue weighted by Crippen LogP contribution is -2.39. The van der Waals surface area contributed by atoms with Crippen LogP contribution < -0.4 is 14.4 Å². The number of benzene rings is 2. The lowest BCUT2D eigenvalue weighted by molar-refractivity contribution is 0.391. The Morgan fingerprint density at radius 1 is 1.12 bits per heavy atom. The quantitative estimate of drug-likeness (QED) is 0.506. The lowest BCUT2D eigenvalue weighted by Gasteiger charge is -2.31. The maximum absolute atomic E-state index is 13.5. The minimum Gasteiger partial charge on any atom is -0.497 e. The fraction of sp³-hybridized carbons (Fsp3) is 0.348. The first-order valence-electron chi connectivity index (χ1n) is 10.3. The van der Waals surface area contributed by atoms with Crippen LogP contribution in [0.25, 0.3) is 0 Å². The molecule has 1 saturated heterocycles. The van der Waals surface area contributed by atoms with Gasteiger partial charge in [0.05, 0.1) is 30.1 Å². The predicted octanol–water partition coefficient (Wildman–Crippen LogP) is 4.33. The minimum atomic E-state index is -3.55. The van der Waals surface area contributed by atoms with Crippen molar-refractivity contribution in [2.24, 2.45) is 0 Å². The Labute approximate surface area is 191 Å². The van der Waals surface area contributed by atoms with Crippen molar-refractivity contribution in [2.45, 2.75) is 29.4 Å². The van der Waals surface area contributed by atoms with Crippen LogP contribution in [-0.4, -0.2) is 46.0 Å². The molecule has 1 aliphatic heterocycles. The molecule has 2 heterocycles. The summed E-state index contributed by atoms with van der Waals surface area (Å²) in [5.74, 6) is 0.954. The van der Waals surface area contributed by atoms with Gasteiger partial charge in [-0.05, 0) is 37.1 Å². The number of aromatic nitrogens is 1. The normalized spacial score (nSPS) is 15.0. The summed E-state index contributed by atoms with van der Waals surface area (Å²) in [7, 11) is -0.296. The van der Waals surface area contributed by atoms with E-state index in [2.05, 4.69) is 4.90 Å². The van der Waals surface area contributed by atoms with Crippen molar-refractivity contribution in [3.8, 4) is 11.5 Å². The van der Waals surface area contributed by atoms with E-state index in [0.717, 1.165) is 34.0 Å². The van der Waals surface area contributed by atoms with Crippen molar-refractivity contribution in [1.29, 1.82) is 0 Å². The Morgan fingerprint density at radius 2 is 1.91 bits per heavy atom. The van der Waals surface area contributed by atoms with Crippen LogP contribution in [0.1, 0.15) is 24.1 Å². The third kappa shape index (κ3) is 4.73. The molecule has 0 saturated carbocycles. The molecular formula is C23H25FN2O4S2. The molecule has 4 rings (SSSR count). The second-order valence-electron chi connectivity index (χ2n) is 7.66. The van der Waals surface area contributed by atoms with Gasteiger partial charge in [0.1, 0.15) is 17.3 Å². The standard InChI is InChI=1S/C23H25FN2O4S2/c1-29-19-7-6-16(22(14-19)30-2)12-18-15-31-23(25-18)26-10-8-20(9-11-26)32(27,28)21-5-3-4-17(24)13-21/h3-7,13-15,20H,8-12H2,1-2H3. The summed E-state index contributed by atoms with van der Waals surface area (Å²) in [6.45, 7) is 1.19. The summed E-state index contributed by atoms with van der Waals surface area (Å²) in [6, 6.07) is 11.0. The topological polar surface area (TPSA) is 68.7 Å². The molecule has 170 valence electrons. The first kappa shape index (κ1) is 22.5. The molecule has 0 N–H and O–H groups in total. The van der Waals surface area contributed by atoms with Gasteiger partial charge in [-0.3, -0.25) is 0 Å². The summed E-state index contributed by atoms with van der Waals surface area (Å²) in [4.78, 5) is 6.94. The maximum Gasteiger partial charge on any atom is 0.185 e. The van der Waals surface area contributed by atoms with Crippen molar-refractivity contribution in [1.82, 2.24) is 4.98 Å². The zero-order chi connectivity index (χ0) is 22.7. The molecule has 0 aliphatic carbocycles. The molecule has 0 spiro atoms. The number of rotatable bonds is 7. The largest absolute Gasteiger partial charge is 0.497 e. The smallest absolute Gasteiger partial charge is 0.185 e. The zero-order valence-electron chi connectivity index (χ0n) is 18.0. The molecule has 9 heteroatoms. The number of thiazole rings is 1. The summed E-state index contributed by atoms with van der Waals surface area (Å²) in [5, 5.41) is 2.40. The molecule has 1 aromatic heterocycles. The SMILES string of the molecule is COc1ccc(Cc2csc(N3CCC(S(=O)(=O)c4cccc(F)c4)CC3)n2)c(OC)c1. The van der Waals surface area contributed by atoms with Crippen LogP contribution in [0.2, 0.25) is 0 Å². The second-order valence-corrected chi connectivity index (χ2v) is 10.7. The van der Waals surface area contributed by atoms with Crippen LogP contribution in [0.4, 0.5) is 9.52 Å². The molecular weight excluding hydrogens is 451 g/mol. The lowest BCUT2D eigenvalue weighted by atomic mass is 10.1. The number of ether oxygens (including phenoxy) is 2. The van der Waals surface area contributed by atoms with Crippen molar-refractivity contribution < 1.29 is 22.3 Å². The van der Waals surface area contributed by atoms with Gasteiger partial charge in [-0.15, -0.1) is 11.3 Å². The predicted molar refractivity (Wildman–Crippen MR) is 123 cm³/mol. The molecule has 1 aliphatic rings. The van der Waals surface area contributed by atoms with Crippen molar-refractivity contribution in [2.75, 3.05) is 32.2 Å². The summed E-state index contributed by atoms with van der Waals surface area (Å²) >= 11 is 1.55. The molecule has 3 aromatic rings. The average molecular weight is 477 g/mol. The van der Waals surface area contributed by atoms with E-state index in [1.165, 1.54) is 18.2 Å². The number of piperidine rings is 1. The summed E-state index contributed by atoms with van der Waals surface area (Å²) in [6.07, 6.45) is 1.61. The van der Waals surface area contributed by atoms with Gasteiger partial charge in [-0.2, -0.15) is 0 Å². The van der Waals surface area contributed by atoms with Gasteiger partial charge in [0.25, 0.3) is 0 Å². The average Bonchev–Trinajstić information content (AvgIpc) is 3.28. The zero-order valence-corrected chi connectivity index (χ0v) is 19.6.